The number of rotatable bonds is 2. The van der Waals surface area contributed by atoms with Gasteiger partial charge in [-0.25, -0.2) is 0 Å². The largest absolute Gasteiger partial charge is 0.331 e. The van der Waals surface area contributed by atoms with Gasteiger partial charge in [0.25, 0.3) is 5.91 Å². The maximum atomic E-state index is 13.0. The van der Waals surface area contributed by atoms with E-state index in [0.717, 1.165) is 30.6 Å². The van der Waals surface area contributed by atoms with Gasteiger partial charge in [0.15, 0.2) is 0 Å². The Balaban J connectivity index is 1.90. The van der Waals surface area contributed by atoms with E-state index in [4.69, 9.17) is 0 Å². The van der Waals surface area contributed by atoms with Crippen molar-refractivity contribution in [3.05, 3.63) is 47.5 Å². The fourth-order valence-electron chi connectivity index (χ4n) is 3.39. The van der Waals surface area contributed by atoms with Gasteiger partial charge in [0.2, 0.25) is 0 Å². The Hall–Kier alpha value is -2.17. The van der Waals surface area contributed by atoms with Crippen LogP contribution in [0.1, 0.15) is 61.3 Å². The lowest BCUT2D eigenvalue weighted by Gasteiger charge is -2.25. The van der Waals surface area contributed by atoms with E-state index >= 15 is 0 Å². The number of likely N-dealkylation sites (tertiary alicyclic amines) is 1. The van der Waals surface area contributed by atoms with E-state index in [1.807, 2.05) is 28.6 Å². The van der Waals surface area contributed by atoms with Crippen LogP contribution in [-0.2, 0) is 5.54 Å². The zero-order chi connectivity index (χ0) is 16.6. The van der Waals surface area contributed by atoms with Gasteiger partial charge < -0.3 is 4.90 Å². The summed E-state index contributed by atoms with van der Waals surface area (Å²) < 4.78 is 1.93. The van der Waals surface area contributed by atoms with Crippen molar-refractivity contribution in [2.45, 2.75) is 52.1 Å². The molecule has 5 heteroatoms. The summed E-state index contributed by atoms with van der Waals surface area (Å²) in [7, 11) is 0. The summed E-state index contributed by atoms with van der Waals surface area (Å²) >= 11 is 0. The van der Waals surface area contributed by atoms with Crippen LogP contribution in [0.25, 0.3) is 0 Å². The van der Waals surface area contributed by atoms with E-state index in [0.29, 0.717) is 5.56 Å². The highest BCUT2D eigenvalue weighted by molar-refractivity contribution is 5.95. The second kappa shape index (κ2) is 5.80. The minimum Gasteiger partial charge on any atom is -0.331 e. The topological polar surface area (TPSA) is 51.0 Å². The molecular formula is C18H24N4O. The Labute approximate surface area is 137 Å². The molecule has 0 bridgehead atoms. The van der Waals surface area contributed by atoms with Gasteiger partial charge in [0.05, 0.1) is 23.3 Å². The Bertz CT molecular complexity index is 700. The van der Waals surface area contributed by atoms with Gasteiger partial charge in [0, 0.05) is 24.6 Å². The molecule has 0 unspecified atom stereocenters. The highest BCUT2D eigenvalue weighted by Gasteiger charge is 2.32. The van der Waals surface area contributed by atoms with E-state index in [1.165, 1.54) is 0 Å². The van der Waals surface area contributed by atoms with E-state index in [2.05, 4.69) is 30.9 Å². The molecule has 0 spiro atoms. The second-order valence-corrected chi connectivity index (χ2v) is 7.16. The number of aromatic nitrogens is 3. The summed E-state index contributed by atoms with van der Waals surface area (Å²) in [5.74, 6) is 0.0808. The lowest BCUT2D eigenvalue weighted by Crippen LogP contribution is -2.31. The van der Waals surface area contributed by atoms with E-state index in [-0.39, 0.29) is 17.5 Å². The smallest absolute Gasteiger partial charge is 0.257 e. The van der Waals surface area contributed by atoms with Crippen LogP contribution in [0.15, 0.2) is 30.7 Å². The summed E-state index contributed by atoms with van der Waals surface area (Å²) in [6, 6.07) is 4.14. The fraction of sp³-hybridized carbons (Fsp3) is 0.500. The summed E-state index contributed by atoms with van der Waals surface area (Å²) in [6.07, 6.45) is 7.33. The van der Waals surface area contributed by atoms with Crippen molar-refractivity contribution in [1.82, 2.24) is 19.7 Å². The van der Waals surface area contributed by atoms with Crippen molar-refractivity contribution in [3.8, 4) is 0 Å². The first-order valence-corrected chi connectivity index (χ1v) is 8.15. The van der Waals surface area contributed by atoms with E-state index in [1.54, 1.807) is 18.6 Å². The molecule has 3 heterocycles. The van der Waals surface area contributed by atoms with Crippen LogP contribution in [0.2, 0.25) is 0 Å². The van der Waals surface area contributed by atoms with Crippen molar-refractivity contribution in [2.75, 3.05) is 6.54 Å². The van der Waals surface area contributed by atoms with Gasteiger partial charge in [-0.15, -0.1) is 0 Å². The summed E-state index contributed by atoms with van der Waals surface area (Å²) in [5, 5.41) is 4.44. The molecule has 0 aliphatic carbocycles. The highest BCUT2D eigenvalue weighted by atomic mass is 16.2. The number of amides is 1. The summed E-state index contributed by atoms with van der Waals surface area (Å²) in [5.41, 5.74) is 2.67. The van der Waals surface area contributed by atoms with Crippen LogP contribution in [0.3, 0.4) is 0 Å². The molecule has 2 aromatic rings. The minimum absolute atomic E-state index is 0.0808. The van der Waals surface area contributed by atoms with Gasteiger partial charge in [-0.05, 0) is 58.2 Å². The van der Waals surface area contributed by atoms with Crippen molar-refractivity contribution in [3.63, 3.8) is 0 Å². The third-order valence-electron chi connectivity index (χ3n) is 4.48. The average Bonchev–Trinajstić information content (AvgIpc) is 3.13. The molecule has 0 aromatic carbocycles. The quantitative estimate of drug-likeness (QED) is 0.855. The number of nitrogens with zero attached hydrogens (tertiary/aromatic N) is 4. The first-order valence-electron chi connectivity index (χ1n) is 8.15. The fourth-order valence-corrected chi connectivity index (χ4v) is 3.39. The Kier molecular flexibility index (Phi) is 3.96. The molecule has 0 radical (unpaired) electrons. The zero-order valence-corrected chi connectivity index (χ0v) is 14.3. The number of pyridine rings is 1. The van der Waals surface area contributed by atoms with E-state index < -0.39 is 0 Å². The van der Waals surface area contributed by atoms with Gasteiger partial charge in [-0.1, -0.05) is 0 Å². The molecule has 1 aliphatic rings. The number of hydrogen-bond donors (Lipinski definition) is 0. The van der Waals surface area contributed by atoms with Crippen LogP contribution in [-0.4, -0.2) is 32.1 Å². The minimum atomic E-state index is -0.127. The Morgan fingerprint density at radius 2 is 1.96 bits per heavy atom. The molecule has 0 N–H and O–H groups in total. The number of carbonyl (C=O) groups is 1. The predicted molar refractivity (Wildman–Crippen MR) is 89.2 cm³/mol. The van der Waals surface area contributed by atoms with Crippen LogP contribution in [0, 0.1) is 6.92 Å². The zero-order valence-electron chi connectivity index (χ0n) is 14.3. The molecule has 1 fully saturated rings. The Morgan fingerprint density at radius 3 is 2.57 bits per heavy atom. The molecule has 1 amide bonds. The molecular weight excluding hydrogens is 288 g/mol. The molecule has 1 aliphatic heterocycles. The van der Waals surface area contributed by atoms with Gasteiger partial charge in [-0.2, -0.15) is 5.10 Å². The number of hydrogen-bond acceptors (Lipinski definition) is 3. The van der Waals surface area contributed by atoms with Crippen LogP contribution in [0.5, 0.6) is 0 Å². The molecule has 3 rings (SSSR count). The SMILES string of the molecule is Cc1c(C(=O)N2CCC[C@H]2c2ccncc2)cnn1C(C)(C)C. The van der Waals surface area contributed by atoms with E-state index in [9.17, 15) is 4.79 Å². The first-order chi connectivity index (χ1) is 10.9. The van der Waals surface area contributed by atoms with Crippen LogP contribution < -0.4 is 0 Å². The lowest BCUT2D eigenvalue weighted by atomic mass is 10.1. The van der Waals surface area contributed by atoms with Gasteiger partial charge >= 0.3 is 0 Å². The summed E-state index contributed by atoms with van der Waals surface area (Å²) in [6.45, 7) is 9.06. The van der Waals surface area contributed by atoms with Crippen molar-refractivity contribution >= 4 is 5.91 Å². The monoisotopic (exact) mass is 312 g/mol. The molecule has 2 aromatic heterocycles. The summed E-state index contributed by atoms with van der Waals surface area (Å²) in [4.78, 5) is 19.1. The molecule has 1 saturated heterocycles. The maximum absolute atomic E-state index is 13.0. The molecule has 23 heavy (non-hydrogen) atoms. The second-order valence-electron chi connectivity index (χ2n) is 7.16. The van der Waals surface area contributed by atoms with Crippen molar-refractivity contribution in [2.24, 2.45) is 0 Å². The molecule has 0 saturated carbocycles. The number of carbonyl (C=O) groups excluding carboxylic acids is 1. The third kappa shape index (κ3) is 2.87. The van der Waals surface area contributed by atoms with Crippen LogP contribution in [0.4, 0.5) is 0 Å². The normalized spacial score (nSPS) is 18.4. The molecule has 122 valence electrons. The predicted octanol–water partition coefficient (Wildman–Crippen LogP) is 3.32. The van der Waals surface area contributed by atoms with Crippen molar-refractivity contribution < 1.29 is 4.79 Å². The van der Waals surface area contributed by atoms with Crippen molar-refractivity contribution in [1.29, 1.82) is 0 Å². The first kappa shape index (κ1) is 15.7. The van der Waals surface area contributed by atoms with Gasteiger partial charge in [0.1, 0.15) is 0 Å². The molecule has 1 atom stereocenters. The standard InChI is InChI=1S/C18H24N4O/c1-13-15(12-20-22(13)18(2,3)4)17(23)21-11-5-6-16(21)14-7-9-19-10-8-14/h7-10,12,16H,5-6,11H2,1-4H3/t16-/m0/s1. The molecule has 5 nitrogen and oxygen atoms in total. The lowest BCUT2D eigenvalue weighted by molar-refractivity contribution is 0.0734. The maximum Gasteiger partial charge on any atom is 0.257 e. The van der Waals surface area contributed by atoms with Gasteiger partial charge in [-0.3, -0.25) is 14.5 Å². The van der Waals surface area contributed by atoms with Crippen LogP contribution >= 0.6 is 0 Å². The highest BCUT2D eigenvalue weighted by Crippen LogP contribution is 2.33. The average molecular weight is 312 g/mol. The third-order valence-corrected chi connectivity index (χ3v) is 4.48. The Morgan fingerprint density at radius 1 is 1.26 bits per heavy atom.